The van der Waals surface area contributed by atoms with Crippen molar-refractivity contribution >= 4 is 6.09 Å². The van der Waals surface area contributed by atoms with Crippen LogP contribution in [0.25, 0.3) is 0 Å². The minimum atomic E-state index is -0.297. The first-order valence-corrected chi connectivity index (χ1v) is 4.60. The van der Waals surface area contributed by atoms with E-state index in [0.717, 1.165) is 18.8 Å². The number of carbonyl (C=O) groups excluding carboxylic acids is 1. The predicted octanol–water partition coefficient (Wildman–Crippen LogP) is 1.92. The van der Waals surface area contributed by atoms with Crippen LogP contribution in [0.5, 0.6) is 0 Å². The maximum absolute atomic E-state index is 10.8. The van der Waals surface area contributed by atoms with Crippen LogP contribution in [-0.4, -0.2) is 19.2 Å². The third-order valence-electron chi connectivity index (χ3n) is 2.44. The molecule has 0 radical (unpaired) electrons. The Bertz CT molecular complexity index is 151. The molecule has 0 aliphatic heterocycles. The third kappa shape index (κ3) is 2.72. The molecule has 3 heteroatoms. The van der Waals surface area contributed by atoms with Crippen LogP contribution in [0.4, 0.5) is 4.79 Å². The van der Waals surface area contributed by atoms with Gasteiger partial charge in [-0.25, -0.2) is 4.79 Å². The minimum Gasteiger partial charge on any atom is -0.446 e. The highest BCUT2D eigenvalue weighted by Gasteiger charge is 2.20. The zero-order valence-electron chi connectivity index (χ0n) is 7.80. The van der Waals surface area contributed by atoms with Gasteiger partial charge in [0.15, 0.2) is 0 Å². The SMILES string of the molecule is CNC(=O)OC1CCC(C)CC1. The van der Waals surface area contributed by atoms with Crippen molar-refractivity contribution in [1.29, 1.82) is 0 Å². The lowest BCUT2D eigenvalue weighted by Gasteiger charge is -2.25. The van der Waals surface area contributed by atoms with Crippen molar-refractivity contribution in [2.45, 2.75) is 38.7 Å². The second kappa shape index (κ2) is 4.33. The quantitative estimate of drug-likeness (QED) is 0.654. The number of hydrogen-bond acceptors (Lipinski definition) is 2. The van der Waals surface area contributed by atoms with Crippen molar-refractivity contribution in [3.63, 3.8) is 0 Å². The van der Waals surface area contributed by atoms with E-state index in [1.807, 2.05) is 0 Å². The zero-order chi connectivity index (χ0) is 8.97. The van der Waals surface area contributed by atoms with Gasteiger partial charge in [-0.05, 0) is 31.6 Å². The molecule has 0 saturated heterocycles. The molecular formula is C9H17NO2. The molecule has 3 nitrogen and oxygen atoms in total. The van der Waals surface area contributed by atoms with E-state index in [-0.39, 0.29) is 12.2 Å². The Hall–Kier alpha value is -0.730. The Balaban J connectivity index is 2.21. The molecule has 0 bridgehead atoms. The predicted molar refractivity (Wildman–Crippen MR) is 47.0 cm³/mol. The molecule has 1 amide bonds. The number of nitrogens with one attached hydrogen (secondary N) is 1. The summed E-state index contributed by atoms with van der Waals surface area (Å²) in [5.41, 5.74) is 0. The van der Waals surface area contributed by atoms with Crippen LogP contribution in [0, 0.1) is 5.92 Å². The molecule has 0 heterocycles. The van der Waals surface area contributed by atoms with E-state index in [9.17, 15) is 4.79 Å². The Kier molecular flexibility index (Phi) is 3.38. The highest BCUT2D eigenvalue weighted by molar-refractivity contribution is 5.66. The van der Waals surface area contributed by atoms with E-state index in [0.29, 0.717) is 0 Å². The van der Waals surface area contributed by atoms with Crippen LogP contribution in [0.3, 0.4) is 0 Å². The van der Waals surface area contributed by atoms with Gasteiger partial charge in [0.05, 0.1) is 0 Å². The number of amides is 1. The van der Waals surface area contributed by atoms with Gasteiger partial charge in [0.1, 0.15) is 6.10 Å². The standard InChI is InChI=1S/C9H17NO2/c1-7-3-5-8(6-4-7)12-9(11)10-2/h7-8H,3-6H2,1-2H3,(H,10,11). The molecule has 1 fully saturated rings. The van der Waals surface area contributed by atoms with Crippen LogP contribution < -0.4 is 5.32 Å². The molecule has 0 unspecified atom stereocenters. The average Bonchev–Trinajstić information content (AvgIpc) is 2.09. The van der Waals surface area contributed by atoms with Crippen molar-refractivity contribution in [3.05, 3.63) is 0 Å². The smallest absolute Gasteiger partial charge is 0.407 e. The first-order valence-electron chi connectivity index (χ1n) is 4.60. The first-order chi connectivity index (χ1) is 5.72. The second-order valence-corrected chi connectivity index (χ2v) is 3.54. The summed E-state index contributed by atoms with van der Waals surface area (Å²) in [6.07, 6.45) is 4.27. The third-order valence-corrected chi connectivity index (χ3v) is 2.44. The van der Waals surface area contributed by atoms with Crippen molar-refractivity contribution < 1.29 is 9.53 Å². The molecule has 0 atom stereocenters. The lowest BCUT2D eigenvalue weighted by molar-refractivity contribution is 0.0677. The molecule has 1 saturated carbocycles. The van der Waals surface area contributed by atoms with E-state index >= 15 is 0 Å². The number of ether oxygens (including phenoxy) is 1. The Morgan fingerprint density at radius 1 is 1.33 bits per heavy atom. The Labute approximate surface area is 73.5 Å². The summed E-state index contributed by atoms with van der Waals surface area (Å²) >= 11 is 0. The normalized spacial score (nSPS) is 29.5. The van der Waals surface area contributed by atoms with Crippen LogP contribution in [0.15, 0.2) is 0 Å². The van der Waals surface area contributed by atoms with Gasteiger partial charge in [-0.3, -0.25) is 0 Å². The van der Waals surface area contributed by atoms with Gasteiger partial charge in [0, 0.05) is 7.05 Å². The molecule has 70 valence electrons. The molecule has 1 N–H and O–H groups in total. The van der Waals surface area contributed by atoms with Gasteiger partial charge >= 0.3 is 6.09 Å². The van der Waals surface area contributed by atoms with E-state index < -0.39 is 0 Å². The second-order valence-electron chi connectivity index (χ2n) is 3.54. The molecular weight excluding hydrogens is 154 g/mol. The Morgan fingerprint density at radius 2 is 1.92 bits per heavy atom. The van der Waals surface area contributed by atoms with Gasteiger partial charge in [0.25, 0.3) is 0 Å². The summed E-state index contributed by atoms with van der Waals surface area (Å²) in [6, 6.07) is 0. The summed E-state index contributed by atoms with van der Waals surface area (Å²) in [7, 11) is 1.59. The number of carbonyl (C=O) groups is 1. The average molecular weight is 171 g/mol. The fourth-order valence-electron chi connectivity index (χ4n) is 1.56. The van der Waals surface area contributed by atoms with Crippen molar-refractivity contribution in [1.82, 2.24) is 5.32 Å². The molecule has 1 rings (SSSR count). The lowest BCUT2D eigenvalue weighted by Crippen LogP contribution is -2.28. The zero-order valence-corrected chi connectivity index (χ0v) is 7.80. The first kappa shape index (κ1) is 9.36. The van der Waals surface area contributed by atoms with Crippen LogP contribution in [0.1, 0.15) is 32.6 Å². The Morgan fingerprint density at radius 3 is 2.42 bits per heavy atom. The van der Waals surface area contributed by atoms with Crippen molar-refractivity contribution in [2.75, 3.05) is 7.05 Å². The molecule has 0 spiro atoms. The summed E-state index contributed by atoms with van der Waals surface area (Å²) in [4.78, 5) is 10.8. The highest BCUT2D eigenvalue weighted by atomic mass is 16.6. The molecule has 1 aliphatic carbocycles. The minimum absolute atomic E-state index is 0.154. The molecule has 0 aromatic carbocycles. The van der Waals surface area contributed by atoms with Gasteiger partial charge in [-0.1, -0.05) is 6.92 Å². The van der Waals surface area contributed by atoms with E-state index in [1.165, 1.54) is 12.8 Å². The molecule has 12 heavy (non-hydrogen) atoms. The van der Waals surface area contributed by atoms with Gasteiger partial charge < -0.3 is 10.1 Å². The van der Waals surface area contributed by atoms with Crippen molar-refractivity contribution in [2.24, 2.45) is 5.92 Å². The van der Waals surface area contributed by atoms with Gasteiger partial charge in [-0.2, -0.15) is 0 Å². The van der Waals surface area contributed by atoms with E-state index in [4.69, 9.17) is 4.74 Å². The maximum atomic E-state index is 10.8. The fourth-order valence-corrected chi connectivity index (χ4v) is 1.56. The monoisotopic (exact) mass is 171 g/mol. The van der Waals surface area contributed by atoms with Gasteiger partial charge in [-0.15, -0.1) is 0 Å². The van der Waals surface area contributed by atoms with E-state index in [2.05, 4.69) is 12.2 Å². The summed E-state index contributed by atoms with van der Waals surface area (Å²) < 4.78 is 5.14. The van der Waals surface area contributed by atoms with Crippen molar-refractivity contribution in [3.8, 4) is 0 Å². The number of hydrogen-bond donors (Lipinski definition) is 1. The summed E-state index contributed by atoms with van der Waals surface area (Å²) in [5.74, 6) is 0.800. The molecule has 0 aromatic heterocycles. The number of rotatable bonds is 1. The fraction of sp³-hybridized carbons (Fsp3) is 0.889. The topological polar surface area (TPSA) is 38.3 Å². The largest absolute Gasteiger partial charge is 0.446 e. The van der Waals surface area contributed by atoms with Gasteiger partial charge in [0.2, 0.25) is 0 Å². The highest BCUT2D eigenvalue weighted by Crippen LogP contribution is 2.25. The van der Waals surface area contributed by atoms with Crippen LogP contribution >= 0.6 is 0 Å². The van der Waals surface area contributed by atoms with Crippen LogP contribution in [-0.2, 0) is 4.74 Å². The van der Waals surface area contributed by atoms with E-state index in [1.54, 1.807) is 7.05 Å². The summed E-state index contributed by atoms with van der Waals surface area (Å²) in [5, 5.41) is 2.46. The van der Waals surface area contributed by atoms with Crippen LogP contribution in [0.2, 0.25) is 0 Å². The molecule has 0 aromatic rings. The lowest BCUT2D eigenvalue weighted by atomic mass is 9.89. The maximum Gasteiger partial charge on any atom is 0.407 e. The number of alkyl carbamates (subject to hydrolysis) is 1. The molecule has 1 aliphatic rings. The summed E-state index contributed by atoms with van der Waals surface area (Å²) in [6.45, 7) is 2.25.